The summed E-state index contributed by atoms with van der Waals surface area (Å²) < 4.78 is 17.9. The van der Waals surface area contributed by atoms with Gasteiger partial charge in [0.05, 0.1) is 22.6 Å². The SMILES string of the molecule is C=C[C@@]1(C)C[C@@H](OC(=O)c2ccccc2)[C@H]2[C@](O)(C1=O)[C@H](OC(C)=O)C[C@H]1C(C)(C)[C@H](O)[C@@H](O)[C@H](OC(=O)c3ccccc3)[C@@]12C. The molecule has 0 radical (unpaired) electrons. The molecule has 0 amide bonds. The predicted octanol–water partition coefficient (Wildman–Crippen LogP) is 3.67. The van der Waals surface area contributed by atoms with Crippen molar-refractivity contribution in [3.63, 3.8) is 0 Å². The molecule has 0 aromatic heterocycles. The van der Waals surface area contributed by atoms with Crippen molar-refractivity contribution in [2.24, 2.45) is 28.1 Å². The van der Waals surface area contributed by atoms with Crippen molar-refractivity contribution in [2.45, 2.75) is 83.6 Å². The lowest BCUT2D eigenvalue weighted by Crippen LogP contribution is -2.80. The normalized spacial score (nSPS) is 38.0. The molecule has 3 fully saturated rings. The maximum Gasteiger partial charge on any atom is 0.338 e. The van der Waals surface area contributed by atoms with Crippen LogP contribution in [0.5, 0.6) is 0 Å². The lowest BCUT2D eigenvalue weighted by Gasteiger charge is -2.68. The molecule has 2 aromatic rings. The molecule has 10 atom stereocenters. The van der Waals surface area contributed by atoms with Gasteiger partial charge >= 0.3 is 17.9 Å². The Kier molecular flexibility index (Phi) is 8.55. The van der Waals surface area contributed by atoms with E-state index in [1.165, 1.54) is 18.2 Å². The van der Waals surface area contributed by atoms with Crippen molar-refractivity contribution < 1.29 is 48.7 Å². The first kappa shape index (κ1) is 33.5. The summed E-state index contributed by atoms with van der Waals surface area (Å²) in [4.78, 5) is 54.2. The van der Waals surface area contributed by atoms with Crippen LogP contribution in [0.25, 0.3) is 0 Å². The summed E-state index contributed by atoms with van der Waals surface area (Å²) in [6.45, 7) is 11.7. The lowest BCUT2D eigenvalue weighted by molar-refractivity contribution is -0.312. The molecule has 46 heavy (non-hydrogen) atoms. The fraction of sp³-hybridized carbons (Fsp3) is 0.500. The zero-order valence-corrected chi connectivity index (χ0v) is 26.7. The van der Waals surface area contributed by atoms with Crippen LogP contribution in [-0.2, 0) is 23.8 Å². The number of hydrogen-bond donors (Lipinski definition) is 3. The molecule has 0 aliphatic heterocycles. The Bertz CT molecular complexity index is 1520. The van der Waals surface area contributed by atoms with E-state index in [1.807, 2.05) is 0 Å². The van der Waals surface area contributed by atoms with Crippen LogP contribution in [0.2, 0.25) is 0 Å². The fourth-order valence-electron chi connectivity index (χ4n) is 8.61. The van der Waals surface area contributed by atoms with Gasteiger partial charge in [-0.15, -0.1) is 6.58 Å². The number of Topliss-reactive ketones (excluding diaryl/α,β-unsaturated/α-hetero) is 1. The molecule has 3 aliphatic rings. The smallest absolute Gasteiger partial charge is 0.338 e. The molecule has 3 aliphatic carbocycles. The van der Waals surface area contributed by atoms with E-state index in [9.17, 15) is 34.5 Å². The molecule has 0 saturated heterocycles. The van der Waals surface area contributed by atoms with E-state index >= 15 is 0 Å². The van der Waals surface area contributed by atoms with Crippen LogP contribution >= 0.6 is 0 Å². The number of aliphatic hydroxyl groups is 3. The van der Waals surface area contributed by atoms with Crippen LogP contribution in [0.3, 0.4) is 0 Å². The van der Waals surface area contributed by atoms with E-state index in [0.29, 0.717) is 0 Å². The molecule has 10 nitrogen and oxygen atoms in total. The molecule has 5 rings (SSSR count). The van der Waals surface area contributed by atoms with Crippen LogP contribution in [0.1, 0.15) is 68.2 Å². The van der Waals surface area contributed by atoms with Crippen LogP contribution in [0.4, 0.5) is 0 Å². The monoisotopic (exact) mass is 634 g/mol. The Morgan fingerprint density at radius 1 is 0.870 bits per heavy atom. The summed E-state index contributed by atoms with van der Waals surface area (Å²) in [5.41, 5.74) is -6.13. The highest BCUT2D eigenvalue weighted by Crippen LogP contribution is 2.67. The molecule has 0 heterocycles. The number of fused-ring (bicyclic) bond motifs is 3. The van der Waals surface area contributed by atoms with Gasteiger partial charge in [0.25, 0.3) is 0 Å². The van der Waals surface area contributed by atoms with Crippen molar-refractivity contribution in [1.82, 2.24) is 0 Å². The molecule has 246 valence electrons. The number of ether oxygens (including phenoxy) is 3. The quantitative estimate of drug-likeness (QED) is 0.243. The second-order valence-corrected chi connectivity index (χ2v) is 14.0. The summed E-state index contributed by atoms with van der Waals surface area (Å²) in [7, 11) is 0. The Balaban J connectivity index is 1.74. The number of ketones is 1. The van der Waals surface area contributed by atoms with E-state index in [1.54, 1.807) is 76.2 Å². The molecule has 0 bridgehead atoms. The highest BCUT2D eigenvalue weighted by molar-refractivity contribution is 5.97. The number of benzene rings is 2. The summed E-state index contributed by atoms with van der Waals surface area (Å²) in [5.74, 6) is -5.08. The minimum atomic E-state index is -2.48. The summed E-state index contributed by atoms with van der Waals surface area (Å²) >= 11 is 0. The molecular formula is C36H42O10. The molecule has 0 spiro atoms. The Morgan fingerprint density at radius 3 is 1.89 bits per heavy atom. The number of carbonyl (C=O) groups excluding carboxylic acids is 4. The zero-order chi connectivity index (χ0) is 33.8. The van der Waals surface area contributed by atoms with Crippen molar-refractivity contribution in [3.8, 4) is 0 Å². The highest BCUT2D eigenvalue weighted by Gasteiger charge is 2.78. The molecule has 2 aromatic carbocycles. The molecule has 3 saturated carbocycles. The molecular weight excluding hydrogens is 592 g/mol. The van der Waals surface area contributed by atoms with Crippen molar-refractivity contribution in [1.29, 1.82) is 0 Å². The third kappa shape index (κ3) is 5.07. The van der Waals surface area contributed by atoms with E-state index < -0.39 is 87.9 Å². The first-order chi connectivity index (χ1) is 21.5. The Morgan fingerprint density at radius 2 is 1.39 bits per heavy atom. The third-order valence-electron chi connectivity index (χ3n) is 10.9. The van der Waals surface area contributed by atoms with Gasteiger partial charge in [-0.1, -0.05) is 63.2 Å². The molecule has 10 heteroatoms. The van der Waals surface area contributed by atoms with Gasteiger partial charge < -0.3 is 29.5 Å². The van der Waals surface area contributed by atoms with Crippen molar-refractivity contribution >= 4 is 23.7 Å². The molecule has 0 unspecified atom stereocenters. The number of rotatable bonds is 6. The van der Waals surface area contributed by atoms with Gasteiger partial charge in [0.1, 0.15) is 24.4 Å². The first-order valence-electron chi connectivity index (χ1n) is 15.5. The minimum absolute atomic E-state index is 0.103. The van der Waals surface area contributed by atoms with Gasteiger partial charge in [-0.25, -0.2) is 9.59 Å². The molecule has 3 N–H and O–H groups in total. The minimum Gasteiger partial charge on any atom is -0.459 e. The van der Waals surface area contributed by atoms with Gasteiger partial charge in [0.2, 0.25) is 0 Å². The summed E-state index contributed by atoms with van der Waals surface area (Å²) in [5, 5.41) is 36.0. The van der Waals surface area contributed by atoms with E-state index in [0.717, 1.165) is 6.92 Å². The standard InChI is InChI=1S/C36H42O10/c1-7-34(5)19-23(45-30(40)21-14-10-8-11-15-21)27-35(6)24(18-25(44-20(2)37)36(27,43)32(34)42)33(3,4)28(39)26(38)29(35)46-31(41)22-16-12-9-13-17-22/h7-17,23-29,38-39,43H,1,18-19H2,2-6H3/t23-,24+,25-,26-,27-,28-,29+,34+,35+,36+/m1/s1. The Hall–Kier alpha value is -3.86. The van der Waals surface area contributed by atoms with Crippen LogP contribution < -0.4 is 0 Å². The maximum atomic E-state index is 14.5. The largest absolute Gasteiger partial charge is 0.459 e. The van der Waals surface area contributed by atoms with Crippen molar-refractivity contribution in [3.05, 3.63) is 84.4 Å². The van der Waals surface area contributed by atoms with Gasteiger partial charge in [-0.05, 0) is 48.9 Å². The second-order valence-electron chi connectivity index (χ2n) is 14.0. The average molecular weight is 635 g/mol. The van der Waals surface area contributed by atoms with Gasteiger partial charge in [-0.3, -0.25) is 9.59 Å². The fourth-order valence-corrected chi connectivity index (χ4v) is 8.61. The third-order valence-corrected chi connectivity index (χ3v) is 10.9. The van der Waals surface area contributed by atoms with Gasteiger partial charge in [0.15, 0.2) is 11.4 Å². The van der Waals surface area contributed by atoms with Gasteiger partial charge in [-0.2, -0.15) is 0 Å². The van der Waals surface area contributed by atoms with Crippen molar-refractivity contribution in [2.75, 3.05) is 0 Å². The number of allylic oxidation sites excluding steroid dienone is 1. The Labute approximate surface area is 268 Å². The highest BCUT2D eigenvalue weighted by atomic mass is 16.6. The number of carbonyl (C=O) groups is 4. The van der Waals surface area contributed by atoms with Crippen LogP contribution in [0, 0.1) is 28.1 Å². The van der Waals surface area contributed by atoms with Crippen LogP contribution in [-0.4, -0.2) is 75.1 Å². The lowest BCUT2D eigenvalue weighted by atomic mass is 9.39. The van der Waals surface area contributed by atoms with E-state index in [2.05, 4.69) is 6.58 Å². The topological polar surface area (TPSA) is 157 Å². The maximum absolute atomic E-state index is 14.5. The summed E-state index contributed by atoms with van der Waals surface area (Å²) in [6.07, 6.45) is -6.07. The number of hydrogen-bond acceptors (Lipinski definition) is 10. The number of aliphatic hydroxyl groups excluding tert-OH is 2. The van der Waals surface area contributed by atoms with E-state index in [4.69, 9.17) is 14.2 Å². The number of esters is 3. The van der Waals surface area contributed by atoms with Gasteiger partial charge in [0, 0.05) is 24.7 Å². The zero-order valence-electron chi connectivity index (χ0n) is 26.7. The average Bonchev–Trinajstić information content (AvgIpc) is 3.02. The predicted molar refractivity (Wildman–Crippen MR) is 165 cm³/mol. The van der Waals surface area contributed by atoms with Crippen LogP contribution in [0.15, 0.2) is 73.3 Å². The van der Waals surface area contributed by atoms with E-state index in [-0.39, 0.29) is 24.0 Å². The second kappa shape index (κ2) is 11.7. The first-order valence-corrected chi connectivity index (χ1v) is 15.5. The summed E-state index contributed by atoms with van der Waals surface area (Å²) in [6, 6.07) is 16.3.